The Morgan fingerprint density at radius 2 is 1.79 bits per heavy atom. The summed E-state index contributed by atoms with van der Waals surface area (Å²) < 4.78 is 74.8. The van der Waals surface area contributed by atoms with Gasteiger partial charge in [-0.3, -0.25) is 4.79 Å². The number of nitrogens with two attached hydrogens (primary N) is 1. The van der Waals surface area contributed by atoms with Crippen LogP contribution in [0.5, 0.6) is 0 Å². The Morgan fingerprint density at radius 1 is 1.12 bits per heavy atom. The van der Waals surface area contributed by atoms with Crippen molar-refractivity contribution >= 4 is 30.0 Å². The molecule has 14 heteroatoms. The number of amides is 1. The van der Waals surface area contributed by atoms with Crippen LogP contribution in [0, 0.1) is 29.0 Å². The van der Waals surface area contributed by atoms with Crippen LogP contribution in [-0.2, 0) is 30.6 Å². The van der Waals surface area contributed by atoms with Gasteiger partial charge in [0.1, 0.15) is 34.6 Å². The van der Waals surface area contributed by atoms with E-state index in [1.165, 1.54) is 12.1 Å². The minimum absolute atomic E-state index is 0.0700. The fourth-order valence-electron chi connectivity index (χ4n) is 7.30. The van der Waals surface area contributed by atoms with E-state index >= 15 is 4.39 Å². The van der Waals surface area contributed by atoms with E-state index in [0.29, 0.717) is 55.9 Å². The Bertz CT molecular complexity index is 1650. The Balaban J connectivity index is 1.23. The third-order valence-electron chi connectivity index (χ3n) is 10.9. The first-order valence-electron chi connectivity index (χ1n) is 16.4. The molecule has 2 aromatic rings. The summed E-state index contributed by atoms with van der Waals surface area (Å²) in [4.78, 5) is 23.6. The molecular formula is C34H40BF4N5O4. The van der Waals surface area contributed by atoms with E-state index in [9.17, 15) is 23.2 Å². The lowest BCUT2D eigenvalue weighted by Gasteiger charge is -2.46. The van der Waals surface area contributed by atoms with Crippen LogP contribution in [0.1, 0.15) is 95.7 Å². The first-order valence-corrected chi connectivity index (χ1v) is 16.4. The van der Waals surface area contributed by atoms with Crippen LogP contribution in [0.2, 0.25) is 0 Å². The smallest absolute Gasteiger partial charge is 0.399 e. The number of nitriles is 1. The van der Waals surface area contributed by atoms with Crippen LogP contribution in [0.25, 0.3) is 0 Å². The molecule has 256 valence electrons. The summed E-state index contributed by atoms with van der Waals surface area (Å²) >= 11 is 0. The van der Waals surface area contributed by atoms with Crippen molar-refractivity contribution in [2.75, 3.05) is 18.1 Å². The molecule has 4 saturated heterocycles. The molecule has 0 spiro atoms. The van der Waals surface area contributed by atoms with Gasteiger partial charge < -0.3 is 24.7 Å². The van der Waals surface area contributed by atoms with Crippen LogP contribution < -0.4 is 16.1 Å². The third-order valence-corrected chi connectivity index (χ3v) is 10.9. The Labute approximate surface area is 278 Å². The summed E-state index contributed by atoms with van der Waals surface area (Å²) in [6.07, 6.45) is -1.37. The molecule has 0 radical (unpaired) electrons. The number of amidine groups is 1. The topological polar surface area (TPSA) is 123 Å². The summed E-state index contributed by atoms with van der Waals surface area (Å²) in [7, 11) is -0.833. The minimum Gasteiger partial charge on any atom is -0.399 e. The molecule has 2 N–H and O–H groups in total. The normalized spacial score (nSPS) is 28.4. The number of rotatable bonds is 5. The maximum Gasteiger partial charge on any atom is 0.495 e. The molecule has 1 aromatic carbocycles. The Kier molecular flexibility index (Phi) is 8.66. The molecule has 48 heavy (non-hydrogen) atoms. The van der Waals surface area contributed by atoms with Crippen molar-refractivity contribution in [1.82, 2.24) is 4.98 Å². The summed E-state index contributed by atoms with van der Waals surface area (Å²) in [5.41, 5.74) is 3.94. The fourth-order valence-corrected chi connectivity index (χ4v) is 7.30. The number of fused-ring (bicyclic) bond motifs is 3. The van der Waals surface area contributed by atoms with Gasteiger partial charge in [-0.25, -0.2) is 9.37 Å². The highest BCUT2D eigenvalue weighted by Crippen LogP contribution is 2.48. The summed E-state index contributed by atoms with van der Waals surface area (Å²) in [6.45, 7) is 10.2. The first kappa shape index (κ1) is 34.3. The summed E-state index contributed by atoms with van der Waals surface area (Å²) in [5.74, 6) is -1.59. The highest BCUT2D eigenvalue weighted by atomic mass is 19.4. The number of hydrogen-bond donors (Lipinski definition) is 1. The van der Waals surface area contributed by atoms with Gasteiger partial charge in [0.2, 0.25) is 0 Å². The second-order valence-corrected chi connectivity index (χ2v) is 14.5. The van der Waals surface area contributed by atoms with Crippen molar-refractivity contribution in [2.45, 2.75) is 102 Å². The van der Waals surface area contributed by atoms with Gasteiger partial charge in [0.25, 0.3) is 5.91 Å². The maximum atomic E-state index is 15.3. The number of alkyl halides is 3. The van der Waals surface area contributed by atoms with Crippen molar-refractivity contribution in [2.24, 2.45) is 22.6 Å². The highest BCUT2D eigenvalue weighted by molar-refractivity contribution is 6.62. The molecule has 2 atom stereocenters. The fraction of sp³-hybridized carbons (Fsp3) is 0.588. The lowest BCUT2D eigenvalue weighted by Crippen LogP contribution is -2.45. The van der Waals surface area contributed by atoms with E-state index < -0.39 is 53.4 Å². The van der Waals surface area contributed by atoms with Gasteiger partial charge in [0, 0.05) is 24.1 Å². The second-order valence-electron chi connectivity index (χ2n) is 14.5. The molecule has 2 bridgehead atoms. The van der Waals surface area contributed by atoms with Crippen molar-refractivity contribution < 1.29 is 36.4 Å². The maximum absolute atomic E-state index is 15.3. The molecule has 9 nitrogen and oxygen atoms in total. The van der Waals surface area contributed by atoms with E-state index in [1.807, 2.05) is 45.6 Å². The molecule has 7 rings (SSSR count). The van der Waals surface area contributed by atoms with Gasteiger partial charge in [0.15, 0.2) is 0 Å². The predicted octanol–water partition coefficient (Wildman–Crippen LogP) is 5.36. The predicted molar refractivity (Wildman–Crippen MR) is 171 cm³/mol. The van der Waals surface area contributed by atoms with Gasteiger partial charge in [-0.05, 0) is 109 Å². The van der Waals surface area contributed by atoms with Crippen LogP contribution >= 0.6 is 0 Å². The van der Waals surface area contributed by atoms with Crippen molar-refractivity contribution in [3.05, 3.63) is 52.6 Å². The lowest BCUT2D eigenvalue weighted by molar-refractivity contribution is -0.156. The molecular weight excluding hydrogens is 629 g/mol. The molecule has 5 aliphatic rings. The third kappa shape index (κ3) is 6.09. The standard InChI is InChI=1S/C34H40BF4N5O4/c1-19-14-21(10-13-44(19)26-16-22(15-25(36)24(26)17-40)35-47-31(2,3)32(4,5)48-35)30(45)43-29(41)23-6-7-27(34(37,38)39)42-28(23)33-11-8-20(9-12-33)18-46-33/h6-7,15-16,19-21H,8-14,18H2,1-5H3,(H2,41,43,45). The number of hydrogen-bond acceptors (Lipinski definition) is 7. The number of nitrogens with zero attached hydrogens (tertiary/aromatic N) is 4. The van der Waals surface area contributed by atoms with Crippen molar-refractivity contribution in [3.8, 4) is 6.07 Å². The molecule has 1 aromatic heterocycles. The van der Waals surface area contributed by atoms with E-state index in [-0.39, 0.29) is 28.7 Å². The van der Waals surface area contributed by atoms with Crippen LogP contribution in [0.3, 0.4) is 0 Å². The number of halogens is 4. The zero-order chi connectivity index (χ0) is 34.8. The Hall–Kier alpha value is -3.54. The van der Waals surface area contributed by atoms with Gasteiger partial charge >= 0.3 is 13.3 Å². The quantitative estimate of drug-likeness (QED) is 0.195. The van der Waals surface area contributed by atoms with Crippen molar-refractivity contribution in [3.63, 3.8) is 0 Å². The number of carbonyl (C=O) groups excluding carboxylic acids is 1. The molecule has 1 amide bonds. The number of pyridine rings is 1. The van der Waals surface area contributed by atoms with E-state index in [0.717, 1.165) is 18.9 Å². The molecule has 1 aliphatic carbocycles. The number of ether oxygens (including phenoxy) is 1. The molecule has 2 unspecified atom stereocenters. The number of piperidine rings is 1. The lowest BCUT2D eigenvalue weighted by atomic mass is 9.73. The number of benzene rings is 1. The molecule has 5 fully saturated rings. The van der Waals surface area contributed by atoms with Gasteiger partial charge in [0.05, 0.1) is 29.2 Å². The SMILES string of the molecule is CC1CC(C(=O)N=C(N)c2ccc(C(F)(F)F)nc2C23CCC(CC2)CO3)CCN1c1cc(B2OC(C)(C)C(C)(C)O2)cc(F)c1C#N. The minimum atomic E-state index is -4.67. The van der Waals surface area contributed by atoms with Crippen LogP contribution in [0.4, 0.5) is 23.2 Å². The number of anilines is 1. The van der Waals surface area contributed by atoms with Crippen molar-refractivity contribution in [1.29, 1.82) is 5.26 Å². The average molecular weight is 670 g/mol. The van der Waals surface area contributed by atoms with Crippen LogP contribution in [-0.4, -0.2) is 54.2 Å². The molecule has 5 heterocycles. The van der Waals surface area contributed by atoms with Crippen LogP contribution in [0.15, 0.2) is 29.3 Å². The highest BCUT2D eigenvalue weighted by Gasteiger charge is 2.52. The Morgan fingerprint density at radius 3 is 2.35 bits per heavy atom. The molecule has 4 aliphatic heterocycles. The zero-order valence-corrected chi connectivity index (χ0v) is 27.8. The average Bonchev–Trinajstić information content (AvgIpc) is 3.26. The second kappa shape index (κ2) is 12.1. The number of carbonyl (C=O) groups is 1. The number of aromatic nitrogens is 1. The number of aliphatic imine (C=N–C) groups is 1. The van der Waals surface area contributed by atoms with Gasteiger partial charge in [-0.1, -0.05) is 0 Å². The van der Waals surface area contributed by atoms with E-state index in [2.05, 4.69) is 9.98 Å². The summed E-state index contributed by atoms with van der Waals surface area (Å²) in [5, 5.41) is 9.86. The monoisotopic (exact) mass is 669 g/mol. The molecule has 1 saturated carbocycles. The zero-order valence-electron chi connectivity index (χ0n) is 27.8. The van der Waals surface area contributed by atoms with E-state index in [1.54, 1.807) is 6.07 Å². The van der Waals surface area contributed by atoms with Gasteiger partial charge in [-0.15, -0.1) is 0 Å². The summed E-state index contributed by atoms with van der Waals surface area (Å²) in [6, 6.07) is 6.73. The largest absolute Gasteiger partial charge is 0.495 e. The first-order chi connectivity index (χ1) is 22.4. The van der Waals surface area contributed by atoms with E-state index in [4.69, 9.17) is 19.8 Å². The van der Waals surface area contributed by atoms with Gasteiger partial charge in [-0.2, -0.15) is 23.4 Å².